The molecule has 0 amide bonds. The molecule has 68 valence electrons. The largest absolute Gasteiger partial charge is 0.369 e. The first-order valence-corrected chi connectivity index (χ1v) is 4.34. The molecule has 0 aliphatic carbocycles. The fraction of sp³-hybridized carbons (Fsp3) is 0.231. The highest BCUT2D eigenvalue weighted by Gasteiger charge is 2.17. The van der Waals surface area contributed by atoms with Crippen molar-refractivity contribution >= 4 is 0 Å². The lowest BCUT2D eigenvalue weighted by Gasteiger charge is -1.67. The predicted octanol–water partition coefficient (Wildman–Crippen LogP) is 1.53. The summed E-state index contributed by atoms with van der Waals surface area (Å²) < 4.78 is 4.96. The van der Waals surface area contributed by atoms with Crippen LogP contribution in [-0.4, -0.2) is 12.7 Å². The SMILES string of the molecule is CC=CC#CC#CC#CC=CC1CO1. The van der Waals surface area contributed by atoms with Crippen LogP contribution in [0.2, 0.25) is 0 Å². The molecule has 1 saturated heterocycles. The molecule has 1 rings (SSSR count). The summed E-state index contributed by atoms with van der Waals surface area (Å²) in [6, 6.07) is 0. The van der Waals surface area contributed by atoms with Gasteiger partial charge in [0.05, 0.1) is 12.7 Å². The van der Waals surface area contributed by atoms with Gasteiger partial charge in [0.15, 0.2) is 0 Å². The third-order valence-corrected chi connectivity index (χ3v) is 1.34. The highest BCUT2D eigenvalue weighted by Crippen LogP contribution is 2.08. The maximum absolute atomic E-state index is 4.96. The number of hydrogen-bond acceptors (Lipinski definition) is 1. The van der Waals surface area contributed by atoms with Crippen LogP contribution in [0.15, 0.2) is 24.3 Å². The minimum Gasteiger partial charge on any atom is -0.369 e. The van der Waals surface area contributed by atoms with E-state index in [0.29, 0.717) is 0 Å². The summed E-state index contributed by atoms with van der Waals surface area (Å²) in [6.07, 6.45) is 7.56. The van der Waals surface area contributed by atoms with Crippen molar-refractivity contribution in [2.45, 2.75) is 13.0 Å². The van der Waals surface area contributed by atoms with Crippen molar-refractivity contribution in [2.75, 3.05) is 6.61 Å². The Balaban J connectivity index is 2.27. The van der Waals surface area contributed by atoms with Crippen molar-refractivity contribution in [2.24, 2.45) is 0 Å². The van der Waals surface area contributed by atoms with Crippen LogP contribution in [0.4, 0.5) is 0 Å². The number of rotatable bonds is 1. The van der Waals surface area contributed by atoms with Gasteiger partial charge in [-0.2, -0.15) is 0 Å². The van der Waals surface area contributed by atoms with Crippen molar-refractivity contribution in [3.05, 3.63) is 24.3 Å². The summed E-state index contributed by atoms with van der Waals surface area (Å²) in [6.45, 7) is 2.73. The molecule has 0 aromatic rings. The third kappa shape index (κ3) is 5.73. The summed E-state index contributed by atoms with van der Waals surface area (Å²) in [5.41, 5.74) is 0. The molecular weight excluding hydrogens is 172 g/mol. The van der Waals surface area contributed by atoms with Crippen LogP contribution in [0.25, 0.3) is 0 Å². The number of hydrogen-bond donors (Lipinski definition) is 0. The minimum atomic E-state index is 0.284. The van der Waals surface area contributed by atoms with Crippen molar-refractivity contribution in [1.82, 2.24) is 0 Å². The van der Waals surface area contributed by atoms with Gasteiger partial charge in [-0.3, -0.25) is 0 Å². The fourth-order valence-electron chi connectivity index (χ4n) is 0.623. The summed E-state index contributed by atoms with van der Waals surface area (Å²) in [5.74, 6) is 16.1. The molecule has 1 heteroatoms. The van der Waals surface area contributed by atoms with E-state index in [-0.39, 0.29) is 6.10 Å². The average molecular weight is 182 g/mol. The van der Waals surface area contributed by atoms with Crippen LogP contribution in [0, 0.1) is 35.5 Å². The summed E-state index contributed by atoms with van der Waals surface area (Å²) in [7, 11) is 0. The van der Waals surface area contributed by atoms with E-state index < -0.39 is 0 Å². The van der Waals surface area contributed by atoms with Gasteiger partial charge in [-0.1, -0.05) is 17.9 Å². The standard InChI is InChI=1S/C13H10O/c1-2-3-4-5-6-7-8-9-10-11-13-12-14-13/h2-3,10-11,13H,12H2,1H3. The Morgan fingerprint density at radius 1 is 1.07 bits per heavy atom. The highest BCUT2D eigenvalue weighted by molar-refractivity contribution is 5.39. The van der Waals surface area contributed by atoms with Gasteiger partial charge >= 0.3 is 0 Å². The van der Waals surface area contributed by atoms with Gasteiger partial charge < -0.3 is 4.74 Å². The lowest BCUT2D eigenvalue weighted by molar-refractivity contribution is 0.440. The number of allylic oxidation sites excluding steroid dienone is 3. The molecule has 1 fully saturated rings. The fourth-order valence-corrected chi connectivity index (χ4v) is 0.623. The molecule has 14 heavy (non-hydrogen) atoms. The molecule has 0 radical (unpaired) electrons. The van der Waals surface area contributed by atoms with E-state index in [1.54, 1.807) is 12.2 Å². The molecular formula is C13H10O. The van der Waals surface area contributed by atoms with Crippen molar-refractivity contribution in [3.63, 3.8) is 0 Å². The first-order chi connectivity index (χ1) is 6.93. The number of epoxide rings is 1. The molecule has 0 N–H and O–H groups in total. The zero-order chi connectivity index (χ0) is 10.1. The molecule has 1 aliphatic heterocycles. The minimum absolute atomic E-state index is 0.284. The Bertz CT molecular complexity index is 403. The second kappa shape index (κ2) is 6.62. The van der Waals surface area contributed by atoms with Crippen LogP contribution in [-0.2, 0) is 4.74 Å². The molecule has 1 heterocycles. The van der Waals surface area contributed by atoms with E-state index in [1.165, 1.54) is 0 Å². The second-order valence-electron chi connectivity index (χ2n) is 2.52. The third-order valence-electron chi connectivity index (χ3n) is 1.34. The topological polar surface area (TPSA) is 12.5 Å². The van der Waals surface area contributed by atoms with E-state index in [9.17, 15) is 0 Å². The zero-order valence-electron chi connectivity index (χ0n) is 8.00. The monoisotopic (exact) mass is 182 g/mol. The molecule has 0 saturated carbocycles. The van der Waals surface area contributed by atoms with Gasteiger partial charge in [0.1, 0.15) is 0 Å². The van der Waals surface area contributed by atoms with Gasteiger partial charge in [-0.05, 0) is 48.8 Å². The van der Waals surface area contributed by atoms with E-state index >= 15 is 0 Å². The molecule has 0 bridgehead atoms. The van der Waals surface area contributed by atoms with Crippen LogP contribution >= 0.6 is 0 Å². The summed E-state index contributed by atoms with van der Waals surface area (Å²) in [4.78, 5) is 0. The smallest absolute Gasteiger partial charge is 0.1000 e. The Hall–Kier alpha value is -1.88. The van der Waals surface area contributed by atoms with Gasteiger partial charge in [-0.15, -0.1) is 0 Å². The highest BCUT2D eigenvalue weighted by atomic mass is 16.6. The van der Waals surface area contributed by atoms with Gasteiger partial charge in [0, 0.05) is 0 Å². The quantitative estimate of drug-likeness (QED) is 0.442. The molecule has 1 atom stereocenters. The Kier molecular flexibility index (Phi) is 4.82. The molecule has 0 spiro atoms. The maximum atomic E-state index is 4.96. The van der Waals surface area contributed by atoms with E-state index in [2.05, 4.69) is 35.5 Å². The molecule has 1 aliphatic rings. The molecule has 1 unspecified atom stereocenters. The Morgan fingerprint density at radius 2 is 1.71 bits per heavy atom. The number of ether oxygens (including phenoxy) is 1. The first-order valence-electron chi connectivity index (χ1n) is 4.34. The van der Waals surface area contributed by atoms with Crippen LogP contribution in [0.3, 0.4) is 0 Å². The van der Waals surface area contributed by atoms with E-state index in [0.717, 1.165) is 6.61 Å². The first kappa shape index (κ1) is 10.2. The van der Waals surface area contributed by atoms with Crippen molar-refractivity contribution in [3.8, 4) is 35.5 Å². The lowest BCUT2D eigenvalue weighted by Crippen LogP contribution is -1.70. The van der Waals surface area contributed by atoms with E-state index in [1.807, 2.05) is 19.1 Å². The van der Waals surface area contributed by atoms with Gasteiger partial charge in [-0.25, -0.2) is 0 Å². The van der Waals surface area contributed by atoms with Crippen LogP contribution in [0.1, 0.15) is 6.92 Å². The zero-order valence-corrected chi connectivity index (χ0v) is 8.00. The normalized spacial score (nSPS) is 17.6. The van der Waals surface area contributed by atoms with E-state index in [4.69, 9.17) is 4.74 Å². The lowest BCUT2D eigenvalue weighted by atomic mass is 10.4. The van der Waals surface area contributed by atoms with Crippen molar-refractivity contribution < 1.29 is 4.74 Å². The van der Waals surface area contributed by atoms with Crippen molar-refractivity contribution in [1.29, 1.82) is 0 Å². The predicted molar refractivity (Wildman–Crippen MR) is 57.0 cm³/mol. The second-order valence-corrected chi connectivity index (χ2v) is 2.52. The molecule has 0 aromatic heterocycles. The molecule has 0 aromatic carbocycles. The average Bonchev–Trinajstić information content (AvgIpc) is 2.99. The Labute approximate surface area is 84.8 Å². The van der Waals surface area contributed by atoms with Crippen LogP contribution in [0.5, 0.6) is 0 Å². The van der Waals surface area contributed by atoms with Gasteiger partial charge in [0.2, 0.25) is 0 Å². The maximum Gasteiger partial charge on any atom is 0.1000 e. The summed E-state index contributed by atoms with van der Waals surface area (Å²) >= 11 is 0. The summed E-state index contributed by atoms with van der Waals surface area (Å²) in [5, 5.41) is 0. The van der Waals surface area contributed by atoms with Gasteiger partial charge in [0.25, 0.3) is 0 Å². The molecule has 1 nitrogen and oxygen atoms in total. The van der Waals surface area contributed by atoms with Crippen LogP contribution < -0.4 is 0 Å². The Morgan fingerprint density at radius 3 is 2.29 bits per heavy atom.